The highest BCUT2D eigenvalue weighted by Crippen LogP contribution is 2.38. The Labute approximate surface area is 298 Å². The Bertz CT molecular complexity index is 2080. The molecule has 0 aliphatic rings. The lowest BCUT2D eigenvalue weighted by molar-refractivity contribution is 0.0688. The molecule has 0 unspecified atom stereocenters. The van der Waals surface area contributed by atoms with Crippen LogP contribution in [0.15, 0.2) is 92.0 Å². The van der Waals surface area contributed by atoms with E-state index in [0.717, 1.165) is 15.6 Å². The number of anilines is 2. The molecule has 4 N–H and O–H groups in total. The third kappa shape index (κ3) is 8.07. The second kappa shape index (κ2) is 15.2. The van der Waals surface area contributed by atoms with Crippen LogP contribution in [0.3, 0.4) is 0 Å². The maximum absolute atomic E-state index is 12.4. The highest BCUT2D eigenvalue weighted by atomic mass is 79.9. The first-order valence-electron chi connectivity index (χ1n) is 13.4. The minimum Gasteiger partial charge on any atom is -0.478 e. The molecule has 238 valence electrons. The third-order valence-corrected chi connectivity index (χ3v) is 10.9. The van der Waals surface area contributed by atoms with Gasteiger partial charge >= 0.3 is 11.9 Å². The third-order valence-electron chi connectivity index (χ3n) is 6.61. The van der Waals surface area contributed by atoms with Gasteiger partial charge in [0.05, 0.1) is 10.4 Å². The minimum atomic E-state index is -1.10. The molecule has 0 aliphatic carbocycles. The fourth-order valence-electron chi connectivity index (χ4n) is 4.37. The number of carboxylic acids is 2. The number of rotatable bonds is 8. The van der Waals surface area contributed by atoms with Gasteiger partial charge in [-0.05, 0) is 70.8 Å². The molecule has 8 nitrogen and oxygen atoms in total. The second-order valence-electron chi connectivity index (χ2n) is 9.69. The zero-order valence-electron chi connectivity index (χ0n) is 24.1. The van der Waals surface area contributed by atoms with Gasteiger partial charge in [0.15, 0.2) is 0 Å². The number of amides is 2. The minimum absolute atomic E-state index is 0.0702. The van der Waals surface area contributed by atoms with Crippen molar-refractivity contribution in [3.63, 3.8) is 0 Å². The maximum Gasteiger partial charge on any atom is 0.339 e. The lowest BCUT2D eigenvalue weighted by Crippen LogP contribution is -2.13. The maximum atomic E-state index is 12.4. The van der Waals surface area contributed by atoms with Gasteiger partial charge in [-0.15, -0.1) is 34.0 Å². The molecule has 0 radical (unpaired) electrons. The number of thiophene rings is 4. The van der Waals surface area contributed by atoms with Gasteiger partial charge in [-0.3, -0.25) is 9.59 Å². The van der Waals surface area contributed by atoms with Crippen LogP contribution in [0.5, 0.6) is 0 Å². The number of aryl methyl sites for hydroxylation is 1. The summed E-state index contributed by atoms with van der Waals surface area (Å²) >= 11 is 14.5. The Morgan fingerprint density at radius 3 is 1.87 bits per heavy atom. The molecule has 2 aromatic carbocycles. The highest BCUT2D eigenvalue weighted by Gasteiger charge is 2.23. The van der Waals surface area contributed by atoms with Crippen LogP contribution in [0.4, 0.5) is 10.0 Å². The van der Waals surface area contributed by atoms with E-state index in [1.807, 2.05) is 42.6 Å². The topological polar surface area (TPSA) is 133 Å². The molecule has 4 aromatic heterocycles. The van der Waals surface area contributed by atoms with E-state index in [0.29, 0.717) is 42.2 Å². The molecule has 47 heavy (non-hydrogen) atoms. The number of aromatic carboxylic acids is 2. The number of carbonyl (C=O) groups is 4. The number of halogens is 2. The van der Waals surface area contributed by atoms with Crippen molar-refractivity contribution < 1.29 is 29.4 Å². The molecule has 6 rings (SSSR count). The van der Waals surface area contributed by atoms with E-state index in [9.17, 15) is 29.4 Å². The Morgan fingerprint density at radius 2 is 1.34 bits per heavy atom. The summed E-state index contributed by atoms with van der Waals surface area (Å²) in [6, 6.07) is 17.9. The van der Waals surface area contributed by atoms with E-state index < -0.39 is 11.9 Å². The van der Waals surface area contributed by atoms with Crippen molar-refractivity contribution in [2.75, 3.05) is 10.6 Å². The molecule has 0 fully saturated rings. The van der Waals surface area contributed by atoms with Gasteiger partial charge in [0.1, 0.15) is 21.1 Å². The number of hydrogen-bond donors (Lipinski definition) is 4. The van der Waals surface area contributed by atoms with Crippen LogP contribution in [-0.2, 0) is 0 Å². The predicted octanol–water partition coefficient (Wildman–Crippen LogP) is 10.6. The van der Waals surface area contributed by atoms with Crippen molar-refractivity contribution in [2.45, 2.75) is 6.92 Å². The van der Waals surface area contributed by atoms with Gasteiger partial charge in [0.2, 0.25) is 0 Å². The van der Waals surface area contributed by atoms with Crippen LogP contribution in [0.2, 0.25) is 5.02 Å². The zero-order valence-corrected chi connectivity index (χ0v) is 29.7. The van der Waals surface area contributed by atoms with Crippen LogP contribution in [0.25, 0.3) is 22.3 Å². The van der Waals surface area contributed by atoms with Gasteiger partial charge in [0, 0.05) is 36.8 Å². The summed E-state index contributed by atoms with van der Waals surface area (Å²) in [4.78, 5) is 48.5. The number of carbonyl (C=O) groups excluding carboxylic acids is 2. The molecule has 4 heterocycles. The van der Waals surface area contributed by atoms with Crippen molar-refractivity contribution in [1.82, 2.24) is 0 Å². The van der Waals surface area contributed by atoms with Gasteiger partial charge in [-0.25, -0.2) is 9.59 Å². The van der Waals surface area contributed by atoms with Gasteiger partial charge < -0.3 is 20.8 Å². The lowest BCUT2D eigenvalue weighted by Gasteiger charge is -2.06. The monoisotopic (exact) mass is 784 g/mol. The van der Waals surface area contributed by atoms with Crippen LogP contribution < -0.4 is 10.6 Å². The largest absolute Gasteiger partial charge is 0.478 e. The zero-order chi connectivity index (χ0) is 33.7. The standard InChI is InChI=1S/C17H12BrNO3S2.C16H10ClNO3S2/c1-9-6-7-23-14(9)15(20)19-16-13(17(21)22)12(8-24-16)10-2-4-11(18)5-3-10;17-11-3-1-2-9(6-11)12-8-23-15(13(12)16(20)21)18-14(19)10-4-5-22-7-10/h2-8H,1H3,(H,19,20)(H,21,22);1-8H,(H,18,19)(H,20,21). The van der Waals surface area contributed by atoms with Crippen molar-refractivity contribution >= 4 is 107 Å². The van der Waals surface area contributed by atoms with E-state index in [1.54, 1.807) is 51.9 Å². The molecule has 2 amide bonds. The van der Waals surface area contributed by atoms with E-state index >= 15 is 0 Å². The summed E-state index contributed by atoms with van der Waals surface area (Å²) in [7, 11) is 0. The average molecular weight is 786 g/mol. The van der Waals surface area contributed by atoms with E-state index in [2.05, 4.69) is 26.6 Å². The van der Waals surface area contributed by atoms with Crippen molar-refractivity contribution in [2.24, 2.45) is 0 Å². The predicted molar refractivity (Wildman–Crippen MR) is 195 cm³/mol. The molecule has 6 aromatic rings. The van der Waals surface area contributed by atoms with Crippen molar-refractivity contribution in [3.05, 3.63) is 124 Å². The van der Waals surface area contributed by atoms with Gasteiger partial charge in [0.25, 0.3) is 11.8 Å². The molecular formula is C33H22BrClN2O6S4. The number of nitrogens with one attached hydrogen (secondary N) is 2. The molecule has 14 heteroatoms. The summed E-state index contributed by atoms with van der Waals surface area (Å²) in [5, 5.41) is 34.5. The highest BCUT2D eigenvalue weighted by molar-refractivity contribution is 9.10. The molecule has 0 saturated carbocycles. The van der Waals surface area contributed by atoms with Crippen LogP contribution in [-0.4, -0.2) is 34.0 Å². The van der Waals surface area contributed by atoms with E-state index in [1.165, 1.54) is 45.3 Å². The van der Waals surface area contributed by atoms with Gasteiger partial charge in [-0.1, -0.05) is 51.8 Å². The van der Waals surface area contributed by atoms with Crippen LogP contribution >= 0.6 is 72.9 Å². The number of carboxylic acid groups (broad SMARTS) is 2. The molecule has 0 bridgehead atoms. The van der Waals surface area contributed by atoms with E-state index in [-0.39, 0.29) is 22.9 Å². The number of benzene rings is 2. The molecule has 0 aliphatic heterocycles. The summed E-state index contributed by atoms with van der Waals surface area (Å²) in [5.74, 6) is -2.77. The normalized spacial score (nSPS) is 10.5. The first-order valence-corrected chi connectivity index (χ1v) is 18.2. The summed E-state index contributed by atoms with van der Waals surface area (Å²) in [6.45, 7) is 1.85. The lowest BCUT2D eigenvalue weighted by atomic mass is 10.0. The summed E-state index contributed by atoms with van der Waals surface area (Å²) < 4.78 is 0.917. The van der Waals surface area contributed by atoms with Crippen molar-refractivity contribution in [3.8, 4) is 22.3 Å². The Morgan fingerprint density at radius 1 is 0.723 bits per heavy atom. The quantitative estimate of drug-likeness (QED) is 0.121. The van der Waals surface area contributed by atoms with Crippen LogP contribution in [0.1, 0.15) is 46.3 Å². The van der Waals surface area contributed by atoms with Gasteiger partial charge in [-0.2, -0.15) is 11.3 Å². The Hall–Kier alpha value is -4.11. The molecule has 0 saturated heterocycles. The average Bonchev–Trinajstić information content (AvgIpc) is 3.85. The first kappa shape index (κ1) is 34.2. The SMILES string of the molecule is Cc1ccsc1C(=O)Nc1scc(-c2ccc(Br)cc2)c1C(=O)O.O=C(Nc1scc(-c2cccc(Cl)c2)c1C(=O)O)c1ccsc1. The fraction of sp³-hybridized carbons (Fsp3) is 0.0303. The van der Waals surface area contributed by atoms with Crippen molar-refractivity contribution in [1.29, 1.82) is 0 Å². The van der Waals surface area contributed by atoms with Crippen LogP contribution in [0, 0.1) is 6.92 Å². The first-order chi connectivity index (χ1) is 22.5. The smallest absolute Gasteiger partial charge is 0.339 e. The summed E-state index contributed by atoms with van der Waals surface area (Å²) in [6.07, 6.45) is 0. The molecule has 0 spiro atoms. The Balaban J connectivity index is 0.000000185. The number of hydrogen-bond acceptors (Lipinski definition) is 8. The van der Waals surface area contributed by atoms with E-state index in [4.69, 9.17) is 11.6 Å². The fourth-order valence-corrected chi connectivity index (χ4v) is 8.19. The second-order valence-corrected chi connectivity index (χ2v) is 14.5. The Kier molecular flexibility index (Phi) is 11.1. The summed E-state index contributed by atoms with van der Waals surface area (Å²) in [5.41, 5.74) is 4.18. The molecular weight excluding hydrogens is 764 g/mol. The molecule has 0 atom stereocenters.